The highest BCUT2D eigenvalue weighted by molar-refractivity contribution is 9.10. The Labute approximate surface area is 189 Å². The van der Waals surface area contributed by atoms with Crippen molar-refractivity contribution in [1.82, 2.24) is 9.88 Å². The third kappa shape index (κ3) is 4.73. The fraction of sp³-hybridized carbons (Fsp3) is 0.435. The molecular weight excluding hydrogens is 463 g/mol. The van der Waals surface area contributed by atoms with Crippen molar-refractivity contribution in [3.63, 3.8) is 0 Å². The number of likely N-dealkylation sites (tertiary alicyclic amines) is 1. The third-order valence-electron chi connectivity index (χ3n) is 6.01. The number of carbonyl (C=O) groups excluding carboxylic acids is 1. The number of carbonyl (C=O) groups is 1. The first-order valence-corrected chi connectivity index (χ1v) is 11.3. The van der Waals surface area contributed by atoms with Crippen molar-refractivity contribution < 1.29 is 13.9 Å². The molecule has 2 unspecified atom stereocenters. The Balaban J connectivity index is 1.38. The molecule has 8 heteroatoms. The van der Waals surface area contributed by atoms with Crippen LogP contribution >= 0.6 is 15.9 Å². The van der Waals surface area contributed by atoms with E-state index < -0.39 is 0 Å². The van der Waals surface area contributed by atoms with Crippen LogP contribution in [0, 0.1) is 17.1 Å². The van der Waals surface area contributed by atoms with E-state index in [-0.39, 0.29) is 36.5 Å². The molecule has 4 rings (SSSR count). The van der Waals surface area contributed by atoms with E-state index in [1.165, 1.54) is 12.1 Å². The Hall–Kier alpha value is -2.50. The fourth-order valence-electron chi connectivity index (χ4n) is 4.56. The van der Waals surface area contributed by atoms with E-state index in [4.69, 9.17) is 10.00 Å². The molecule has 1 amide bonds. The zero-order chi connectivity index (χ0) is 22.0. The maximum absolute atomic E-state index is 13.7. The van der Waals surface area contributed by atoms with Crippen molar-refractivity contribution in [3.05, 3.63) is 57.9 Å². The number of ether oxygens (including phenoxy) is 1. The van der Waals surface area contributed by atoms with Crippen molar-refractivity contribution >= 4 is 27.7 Å². The van der Waals surface area contributed by atoms with Gasteiger partial charge in [-0.05, 0) is 55.2 Å². The van der Waals surface area contributed by atoms with Gasteiger partial charge in [0.2, 0.25) is 5.91 Å². The number of amides is 1. The SMILES string of the molecule is CCC(OCC(=O)N1CC2CC[C@@H](C1)N2c1ccc(C#N)cn1)c1cc(F)cc(Br)c1. The first-order chi connectivity index (χ1) is 15.0. The van der Waals surface area contributed by atoms with Crippen LogP contribution in [0.25, 0.3) is 0 Å². The van der Waals surface area contributed by atoms with Gasteiger partial charge in [0.1, 0.15) is 24.3 Å². The predicted molar refractivity (Wildman–Crippen MR) is 118 cm³/mol. The van der Waals surface area contributed by atoms with Crippen molar-refractivity contribution in [2.45, 2.75) is 44.4 Å². The molecule has 162 valence electrons. The van der Waals surface area contributed by atoms with Gasteiger partial charge < -0.3 is 14.5 Å². The van der Waals surface area contributed by atoms with Gasteiger partial charge in [0, 0.05) is 35.8 Å². The van der Waals surface area contributed by atoms with E-state index in [2.05, 4.69) is 31.9 Å². The number of aromatic nitrogens is 1. The van der Waals surface area contributed by atoms with Gasteiger partial charge in [-0.3, -0.25) is 4.79 Å². The Kier molecular flexibility index (Phi) is 6.54. The summed E-state index contributed by atoms with van der Waals surface area (Å²) < 4.78 is 20.3. The summed E-state index contributed by atoms with van der Waals surface area (Å²) in [5.41, 5.74) is 1.26. The molecule has 2 saturated heterocycles. The van der Waals surface area contributed by atoms with Crippen molar-refractivity contribution in [2.75, 3.05) is 24.6 Å². The maximum Gasteiger partial charge on any atom is 0.248 e. The topological polar surface area (TPSA) is 69.5 Å². The number of hydrogen-bond donors (Lipinski definition) is 0. The number of fused-ring (bicyclic) bond motifs is 2. The van der Waals surface area contributed by atoms with Gasteiger partial charge in [-0.15, -0.1) is 0 Å². The lowest BCUT2D eigenvalue weighted by Crippen LogP contribution is -2.56. The molecular formula is C23H24BrFN4O2. The number of benzene rings is 1. The van der Waals surface area contributed by atoms with Gasteiger partial charge in [-0.25, -0.2) is 9.37 Å². The zero-order valence-electron chi connectivity index (χ0n) is 17.3. The highest BCUT2D eigenvalue weighted by Crippen LogP contribution is 2.34. The Bertz CT molecular complexity index is 960. The molecule has 31 heavy (non-hydrogen) atoms. The number of nitriles is 1. The highest BCUT2D eigenvalue weighted by Gasteiger charge is 2.42. The zero-order valence-corrected chi connectivity index (χ0v) is 18.9. The van der Waals surface area contributed by atoms with Crippen LogP contribution in [-0.4, -0.2) is 47.6 Å². The Morgan fingerprint density at radius 2 is 2.06 bits per heavy atom. The van der Waals surface area contributed by atoms with Gasteiger partial charge >= 0.3 is 0 Å². The number of rotatable bonds is 6. The molecule has 0 N–H and O–H groups in total. The number of hydrogen-bond acceptors (Lipinski definition) is 5. The van der Waals surface area contributed by atoms with Gasteiger partial charge in [0.05, 0.1) is 11.7 Å². The van der Waals surface area contributed by atoms with E-state index in [0.717, 1.165) is 24.2 Å². The first kappa shape index (κ1) is 21.7. The summed E-state index contributed by atoms with van der Waals surface area (Å²) in [6, 6.07) is 10.9. The second-order valence-electron chi connectivity index (χ2n) is 8.02. The lowest BCUT2D eigenvalue weighted by atomic mass is 10.1. The summed E-state index contributed by atoms with van der Waals surface area (Å²) in [6.07, 6.45) is 3.91. The van der Waals surface area contributed by atoms with Gasteiger partial charge in [-0.1, -0.05) is 22.9 Å². The molecule has 2 aliphatic heterocycles. The molecule has 2 aliphatic rings. The van der Waals surface area contributed by atoms with E-state index in [9.17, 15) is 9.18 Å². The van der Waals surface area contributed by atoms with E-state index in [0.29, 0.717) is 29.5 Å². The molecule has 0 spiro atoms. The second kappa shape index (κ2) is 9.33. The maximum atomic E-state index is 13.7. The molecule has 0 radical (unpaired) electrons. The summed E-state index contributed by atoms with van der Waals surface area (Å²) >= 11 is 3.31. The summed E-state index contributed by atoms with van der Waals surface area (Å²) in [4.78, 5) is 21.5. The molecule has 2 bridgehead atoms. The fourth-order valence-corrected chi connectivity index (χ4v) is 5.04. The molecule has 3 heterocycles. The van der Waals surface area contributed by atoms with Crippen LogP contribution < -0.4 is 4.90 Å². The average molecular weight is 487 g/mol. The van der Waals surface area contributed by atoms with Crippen LogP contribution in [0.1, 0.15) is 43.4 Å². The lowest BCUT2D eigenvalue weighted by molar-refractivity contribution is -0.139. The molecule has 0 saturated carbocycles. The van der Waals surface area contributed by atoms with Crippen LogP contribution in [0.2, 0.25) is 0 Å². The van der Waals surface area contributed by atoms with Crippen molar-refractivity contribution in [3.8, 4) is 6.07 Å². The monoisotopic (exact) mass is 486 g/mol. The number of halogens is 2. The number of anilines is 1. The third-order valence-corrected chi connectivity index (χ3v) is 6.47. The van der Waals surface area contributed by atoms with Crippen molar-refractivity contribution in [1.29, 1.82) is 5.26 Å². The van der Waals surface area contributed by atoms with Gasteiger partial charge in [-0.2, -0.15) is 5.26 Å². The molecule has 6 nitrogen and oxygen atoms in total. The summed E-state index contributed by atoms with van der Waals surface area (Å²) in [6.45, 7) is 3.18. The summed E-state index contributed by atoms with van der Waals surface area (Å²) in [5.74, 6) is 0.484. The number of nitrogens with zero attached hydrogens (tertiary/aromatic N) is 4. The molecule has 0 aliphatic carbocycles. The van der Waals surface area contributed by atoms with E-state index in [1.807, 2.05) is 24.0 Å². The van der Waals surface area contributed by atoms with Crippen LogP contribution in [0.5, 0.6) is 0 Å². The summed E-state index contributed by atoms with van der Waals surface area (Å²) in [5, 5.41) is 8.98. The van der Waals surface area contributed by atoms with E-state index >= 15 is 0 Å². The molecule has 2 aromatic rings. The van der Waals surface area contributed by atoms with Gasteiger partial charge in [0.25, 0.3) is 0 Å². The quantitative estimate of drug-likeness (QED) is 0.611. The highest BCUT2D eigenvalue weighted by atomic mass is 79.9. The van der Waals surface area contributed by atoms with Crippen LogP contribution in [0.15, 0.2) is 41.0 Å². The average Bonchev–Trinajstić information content (AvgIpc) is 3.02. The minimum absolute atomic E-state index is 0.0266. The molecule has 1 aromatic carbocycles. The largest absolute Gasteiger partial charge is 0.364 e. The number of pyridine rings is 1. The Morgan fingerprint density at radius 1 is 1.32 bits per heavy atom. The van der Waals surface area contributed by atoms with E-state index in [1.54, 1.807) is 12.3 Å². The Morgan fingerprint density at radius 3 is 2.65 bits per heavy atom. The van der Waals surface area contributed by atoms with Crippen LogP contribution in [0.4, 0.5) is 10.2 Å². The van der Waals surface area contributed by atoms with Crippen molar-refractivity contribution in [2.24, 2.45) is 0 Å². The standard InChI is InChI=1S/C23H24BrFN4O2/c1-2-21(16-7-17(24)9-18(25)8-16)31-14-23(30)28-12-19-4-5-20(13-28)29(19)22-6-3-15(10-26)11-27-22/h3,6-9,11,19-21H,2,4-5,12-14H2,1H3/t19-,20?,21?/m0/s1. The predicted octanol–water partition coefficient (Wildman–Crippen LogP) is 4.20. The number of piperazine rings is 1. The molecule has 2 fully saturated rings. The smallest absolute Gasteiger partial charge is 0.248 e. The minimum atomic E-state index is -0.336. The normalized spacial score (nSPS) is 21.1. The molecule has 3 atom stereocenters. The van der Waals surface area contributed by atoms with Crippen LogP contribution in [0.3, 0.4) is 0 Å². The van der Waals surface area contributed by atoms with Gasteiger partial charge in [0.15, 0.2) is 0 Å². The van der Waals surface area contributed by atoms with Crippen LogP contribution in [-0.2, 0) is 9.53 Å². The minimum Gasteiger partial charge on any atom is -0.364 e. The second-order valence-corrected chi connectivity index (χ2v) is 8.93. The lowest BCUT2D eigenvalue weighted by Gasteiger charge is -2.41. The molecule has 1 aromatic heterocycles. The summed E-state index contributed by atoms with van der Waals surface area (Å²) in [7, 11) is 0. The first-order valence-electron chi connectivity index (χ1n) is 10.5.